The molecule has 0 spiro atoms. The lowest BCUT2D eigenvalue weighted by atomic mass is 9.59. The zero-order valence-electron chi connectivity index (χ0n) is 12.7. The van der Waals surface area contributed by atoms with Gasteiger partial charge in [0.05, 0.1) is 14.2 Å². The molecular formula is C16H26O4. The predicted octanol–water partition coefficient (Wildman–Crippen LogP) is 3.09. The summed E-state index contributed by atoms with van der Waals surface area (Å²) in [6.07, 6.45) is 9.44. The Bertz CT molecular complexity index is 341. The van der Waals surface area contributed by atoms with E-state index in [1.807, 2.05) is 0 Å². The van der Waals surface area contributed by atoms with Crippen molar-refractivity contribution < 1.29 is 19.1 Å². The van der Waals surface area contributed by atoms with Crippen LogP contribution in [0.15, 0.2) is 0 Å². The molecule has 1 atom stereocenters. The van der Waals surface area contributed by atoms with Crippen LogP contribution in [-0.2, 0) is 19.1 Å². The van der Waals surface area contributed by atoms with Gasteiger partial charge in [-0.3, -0.25) is 9.59 Å². The molecular weight excluding hydrogens is 256 g/mol. The highest BCUT2D eigenvalue weighted by Crippen LogP contribution is 2.50. The van der Waals surface area contributed by atoms with Crippen LogP contribution < -0.4 is 0 Å². The van der Waals surface area contributed by atoms with Crippen molar-refractivity contribution in [2.45, 2.75) is 57.8 Å². The Morgan fingerprint density at radius 1 is 0.850 bits per heavy atom. The van der Waals surface area contributed by atoms with Crippen LogP contribution >= 0.6 is 0 Å². The minimum atomic E-state index is -1.05. The largest absolute Gasteiger partial charge is 0.468 e. The smallest absolute Gasteiger partial charge is 0.323 e. The van der Waals surface area contributed by atoms with Gasteiger partial charge in [-0.05, 0) is 24.7 Å². The van der Waals surface area contributed by atoms with Crippen LogP contribution in [0.5, 0.6) is 0 Å². The average molecular weight is 282 g/mol. The molecule has 1 unspecified atom stereocenters. The lowest BCUT2D eigenvalue weighted by Gasteiger charge is -2.44. The van der Waals surface area contributed by atoms with Crippen LogP contribution in [0.2, 0.25) is 0 Å². The number of methoxy groups -OCH3 is 2. The van der Waals surface area contributed by atoms with E-state index in [9.17, 15) is 9.59 Å². The zero-order chi connectivity index (χ0) is 14.6. The van der Waals surface area contributed by atoms with E-state index in [4.69, 9.17) is 9.47 Å². The van der Waals surface area contributed by atoms with Gasteiger partial charge < -0.3 is 9.47 Å². The molecule has 4 heteroatoms. The molecule has 2 rings (SSSR count). The van der Waals surface area contributed by atoms with Crippen molar-refractivity contribution in [1.82, 2.24) is 0 Å². The number of esters is 2. The van der Waals surface area contributed by atoms with Gasteiger partial charge in [-0.2, -0.15) is 0 Å². The fourth-order valence-corrected chi connectivity index (χ4v) is 4.33. The van der Waals surface area contributed by atoms with Crippen LogP contribution in [0.3, 0.4) is 0 Å². The van der Waals surface area contributed by atoms with Crippen molar-refractivity contribution in [2.75, 3.05) is 14.2 Å². The van der Waals surface area contributed by atoms with Crippen molar-refractivity contribution >= 4 is 11.9 Å². The molecule has 2 fully saturated rings. The molecule has 0 radical (unpaired) electrons. The molecule has 0 aromatic carbocycles. The fourth-order valence-electron chi connectivity index (χ4n) is 4.33. The summed E-state index contributed by atoms with van der Waals surface area (Å²) in [6, 6.07) is 0. The molecule has 0 saturated heterocycles. The molecule has 0 bridgehead atoms. The molecule has 2 aliphatic carbocycles. The zero-order valence-corrected chi connectivity index (χ0v) is 12.7. The van der Waals surface area contributed by atoms with Crippen molar-refractivity contribution in [3.8, 4) is 0 Å². The average Bonchev–Trinajstić information content (AvgIpc) is 2.53. The van der Waals surface area contributed by atoms with E-state index < -0.39 is 5.41 Å². The molecule has 0 amide bonds. The SMILES string of the molecule is COC(=O)C1(C(=O)OC)CCCCC1C1CCCCC1. The lowest BCUT2D eigenvalue weighted by molar-refractivity contribution is -0.179. The first kappa shape index (κ1) is 15.3. The van der Waals surface area contributed by atoms with Gasteiger partial charge in [0.1, 0.15) is 0 Å². The standard InChI is InChI=1S/C16H26O4/c1-19-14(17)16(15(18)20-2)11-7-6-10-13(16)12-8-4-3-5-9-12/h12-13H,3-11H2,1-2H3. The summed E-state index contributed by atoms with van der Waals surface area (Å²) in [5.41, 5.74) is -1.05. The normalized spacial score (nSPS) is 26.8. The minimum absolute atomic E-state index is 0.0939. The maximum Gasteiger partial charge on any atom is 0.323 e. The number of hydrogen-bond donors (Lipinski definition) is 0. The van der Waals surface area contributed by atoms with Gasteiger partial charge in [0, 0.05) is 0 Å². The van der Waals surface area contributed by atoms with Crippen molar-refractivity contribution in [3.05, 3.63) is 0 Å². The van der Waals surface area contributed by atoms with Crippen LogP contribution in [0.1, 0.15) is 57.8 Å². The summed E-state index contributed by atoms with van der Waals surface area (Å²) in [4.78, 5) is 24.8. The molecule has 0 aromatic rings. The third-order valence-electron chi connectivity index (χ3n) is 5.29. The topological polar surface area (TPSA) is 52.6 Å². The van der Waals surface area contributed by atoms with Gasteiger partial charge >= 0.3 is 11.9 Å². The predicted molar refractivity (Wildman–Crippen MR) is 75.0 cm³/mol. The second-order valence-electron chi connectivity index (χ2n) is 6.20. The van der Waals surface area contributed by atoms with Crippen LogP contribution in [0, 0.1) is 17.3 Å². The maximum absolute atomic E-state index is 12.4. The van der Waals surface area contributed by atoms with E-state index >= 15 is 0 Å². The highest BCUT2D eigenvalue weighted by atomic mass is 16.5. The van der Waals surface area contributed by atoms with Gasteiger partial charge in [-0.1, -0.05) is 44.9 Å². The Balaban J connectivity index is 2.32. The summed E-state index contributed by atoms with van der Waals surface area (Å²) >= 11 is 0. The molecule has 0 heterocycles. The molecule has 2 aliphatic rings. The van der Waals surface area contributed by atoms with Gasteiger partial charge in [0.2, 0.25) is 0 Å². The van der Waals surface area contributed by atoms with E-state index in [0.29, 0.717) is 12.3 Å². The number of carbonyl (C=O) groups excluding carboxylic acids is 2. The van der Waals surface area contributed by atoms with E-state index in [2.05, 4.69) is 0 Å². The van der Waals surface area contributed by atoms with E-state index in [1.165, 1.54) is 33.5 Å². The first-order valence-corrected chi connectivity index (χ1v) is 7.83. The Labute approximate surface area is 121 Å². The molecule has 4 nitrogen and oxygen atoms in total. The minimum Gasteiger partial charge on any atom is -0.468 e. The molecule has 0 N–H and O–H groups in total. The van der Waals surface area contributed by atoms with Crippen LogP contribution in [-0.4, -0.2) is 26.2 Å². The fraction of sp³-hybridized carbons (Fsp3) is 0.875. The van der Waals surface area contributed by atoms with E-state index in [0.717, 1.165) is 32.1 Å². The maximum atomic E-state index is 12.4. The van der Waals surface area contributed by atoms with Crippen molar-refractivity contribution in [2.24, 2.45) is 17.3 Å². The summed E-state index contributed by atoms with van der Waals surface area (Å²) < 4.78 is 9.99. The Hall–Kier alpha value is -1.06. The van der Waals surface area contributed by atoms with Crippen LogP contribution in [0.25, 0.3) is 0 Å². The third kappa shape index (κ3) is 2.57. The quantitative estimate of drug-likeness (QED) is 0.589. The summed E-state index contributed by atoms with van der Waals surface area (Å²) in [5, 5.41) is 0. The molecule has 114 valence electrons. The second-order valence-corrected chi connectivity index (χ2v) is 6.20. The van der Waals surface area contributed by atoms with E-state index in [1.54, 1.807) is 0 Å². The van der Waals surface area contributed by atoms with Crippen LogP contribution in [0.4, 0.5) is 0 Å². The number of ether oxygens (including phenoxy) is 2. The van der Waals surface area contributed by atoms with Crippen molar-refractivity contribution in [3.63, 3.8) is 0 Å². The second kappa shape index (κ2) is 6.59. The third-order valence-corrected chi connectivity index (χ3v) is 5.29. The number of carbonyl (C=O) groups is 2. The van der Waals surface area contributed by atoms with Gasteiger partial charge in [0.15, 0.2) is 5.41 Å². The number of rotatable bonds is 3. The molecule has 20 heavy (non-hydrogen) atoms. The Kier molecular flexibility index (Phi) is 5.06. The highest BCUT2D eigenvalue weighted by molar-refractivity contribution is 6.00. The molecule has 0 aliphatic heterocycles. The summed E-state index contributed by atoms with van der Waals surface area (Å²) in [6.45, 7) is 0. The van der Waals surface area contributed by atoms with Gasteiger partial charge in [0.25, 0.3) is 0 Å². The lowest BCUT2D eigenvalue weighted by Crippen LogP contribution is -2.51. The first-order valence-electron chi connectivity index (χ1n) is 7.83. The molecule has 2 saturated carbocycles. The van der Waals surface area contributed by atoms with E-state index in [-0.39, 0.29) is 17.9 Å². The first-order chi connectivity index (χ1) is 9.66. The van der Waals surface area contributed by atoms with Gasteiger partial charge in [-0.25, -0.2) is 0 Å². The Morgan fingerprint density at radius 3 is 1.95 bits per heavy atom. The molecule has 0 aromatic heterocycles. The summed E-state index contributed by atoms with van der Waals surface area (Å²) in [5.74, 6) is -0.224. The highest BCUT2D eigenvalue weighted by Gasteiger charge is 2.57. The van der Waals surface area contributed by atoms with Gasteiger partial charge in [-0.15, -0.1) is 0 Å². The number of hydrogen-bond acceptors (Lipinski definition) is 4. The Morgan fingerprint density at radius 2 is 1.40 bits per heavy atom. The van der Waals surface area contributed by atoms with Crippen molar-refractivity contribution in [1.29, 1.82) is 0 Å². The monoisotopic (exact) mass is 282 g/mol. The summed E-state index contributed by atoms with van der Waals surface area (Å²) in [7, 11) is 2.75.